The number of aromatic nitrogens is 3. The summed E-state index contributed by atoms with van der Waals surface area (Å²) in [5.41, 5.74) is 3.44. The average molecular weight is 535 g/mol. The molecule has 4 aromatic rings. The van der Waals surface area contributed by atoms with Crippen molar-refractivity contribution < 1.29 is 8.60 Å². The Morgan fingerprint density at radius 2 is 1.89 bits per heavy atom. The maximum atomic E-state index is 14.9. The molecule has 0 radical (unpaired) electrons. The Balaban J connectivity index is 1.51. The highest BCUT2D eigenvalue weighted by atomic mass is 32.2. The van der Waals surface area contributed by atoms with Crippen LogP contribution in [0.3, 0.4) is 0 Å². The van der Waals surface area contributed by atoms with E-state index in [2.05, 4.69) is 26.5 Å². The molecule has 198 valence electrons. The molecule has 1 fully saturated rings. The zero-order valence-electron chi connectivity index (χ0n) is 21.8. The molecule has 1 saturated heterocycles. The van der Waals surface area contributed by atoms with Crippen LogP contribution in [0, 0.1) is 12.7 Å². The fourth-order valence-corrected chi connectivity index (χ4v) is 5.46. The molecule has 38 heavy (non-hydrogen) atoms. The van der Waals surface area contributed by atoms with E-state index in [-0.39, 0.29) is 17.3 Å². The van der Waals surface area contributed by atoms with Crippen molar-refractivity contribution in [3.8, 4) is 11.1 Å². The minimum Gasteiger partial charge on any atom is -0.367 e. The van der Waals surface area contributed by atoms with Gasteiger partial charge >= 0.3 is 0 Å². The summed E-state index contributed by atoms with van der Waals surface area (Å²) in [6.45, 7) is 7.34. The third kappa shape index (κ3) is 5.01. The summed E-state index contributed by atoms with van der Waals surface area (Å²) in [6.07, 6.45) is 3.23. The minimum atomic E-state index is -2.44. The lowest BCUT2D eigenvalue weighted by atomic mass is 10.0. The van der Waals surface area contributed by atoms with Crippen LogP contribution in [-0.4, -0.2) is 57.0 Å². The Hall–Kier alpha value is -3.76. The van der Waals surface area contributed by atoms with E-state index in [1.54, 1.807) is 47.4 Å². The predicted octanol–water partition coefficient (Wildman–Crippen LogP) is 3.78. The first-order valence-corrected chi connectivity index (χ1v) is 14.7. The summed E-state index contributed by atoms with van der Waals surface area (Å²) in [6, 6.07) is 12.2. The van der Waals surface area contributed by atoms with Gasteiger partial charge in [0, 0.05) is 66.7 Å². The van der Waals surface area contributed by atoms with Gasteiger partial charge in [-0.3, -0.25) is 13.6 Å². The number of piperazine rings is 1. The summed E-state index contributed by atoms with van der Waals surface area (Å²) in [5.74, 6) is 3.73. The fourth-order valence-electron chi connectivity index (χ4n) is 4.74. The number of nitrogens with zero attached hydrogens (tertiary/aromatic N) is 4. The molecule has 1 aliphatic rings. The number of halogens is 1. The first-order chi connectivity index (χ1) is 18.2. The second-order valence-corrected chi connectivity index (χ2v) is 12.1. The Bertz CT molecular complexity index is 1690. The highest BCUT2D eigenvalue weighted by Gasteiger charge is 2.17. The number of aryl methyl sites for hydroxylation is 2. The number of pyridine rings is 1. The second-order valence-electron chi connectivity index (χ2n) is 9.59. The molecular weight excluding hydrogens is 503 g/mol. The smallest absolute Gasteiger partial charge is 0.260 e. The van der Waals surface area contributed by atoms with Crippen molar-refractivity contribution >= 4 is 43.7 Å². The van der Waals surface area contributed by atoms with E-state index in [1.807, 2.05) is 24.8 Å². The number of hydrogen-bond donors (Lipinski definition) is 2. The third-order valence-corrected chi connectivity index (χ3v) is 8.05. The van der Waals surface area contributed by atoms with Gasteiger partial charge in [0.15, 0.2) is 0 Å². The van der Waals surface area contributed by atoms with Crippen LogP contribution in [0.4, 0.5) is 21.7 Å². The van der Waals surface area contributed by atoms with Gasteiger partial charge in [-0.15, -0.1) is 0 Å². The molecule has 2 aromatic heterocycles. The van der Waals surface area contributed by atoms with Gasteiger partial charge in [-0.2, -0.15) is 4.98 Å². The lowest BCUT2D eigenvalue weighted by Crippen LogP contribution is -2.43. The van der Waals surface area contributed by atoms with E-state index in [0.29, 0.717) is 45.0 Å². The molecule has 2 N–H and O–H groups in total. The molecule has 0 saturated carbocycles. The molecule has 0 spiro atoms. The van der Waals surface area contributed by atoms with Crippen LogP contribution < -0.4 is 21.1 Å². The average Bonchev–Trinajstić information content (AvgIpc) is 2.89. The van der Waals surface area contributed by atoms with Gasteiger partial charge < -0.3 is 15.5 Å². The van der Waals surface area contributed by atoms with Crippen molar-refractivity contribution in [1.29, 1.82) is 0 Å². The van der Waals surface area contributed by atoms with Gasteiger partial charge in [0.2, 0.25) is 5.95 Å². The van der Waals surface area contributed by atoms with Crippen molar-refractivity contribution in [3.63, 3.8) is 0 Å². The standard InChI is InChI=1S/C28H31FN6O2S/c1-5-35-26-19(14-23(27(35)36)22-16-21(38(3,4)37)8-6-18(22)2)17-31-28(33-26)32-20-7-9-25(24(29)15-20)34-12-10-30-11-13-34/h6-9,14-17,30H,3,5,10-13H2,1-2,4H3,(H,31,32,33). The molecular formula is C28H31FN6O2S. The molecule has 5 rings (SSSR count). The highest BCUT2D eigenvalue weighted by Crippen LogP contribution is 2.28. The van der Waals surface area contributed by atoms with Crippen molar-refractivity contribution in [1.82, 2.24) is 19.9 Å². The van der Waals surface area contributed by atoms with E-state index in [4.69, 9.17) is 0 Å². The van der Waals surface area contributed by atoms with Crippen LogP contribution in [-0.2, 0) is 16.1 Å². The first kappa shape index (κ1) is 25.9. The maximum Gasteiger partial charge on any atom is 0.260 e. The quantitative estimate of drug-likeness (QED) is 0.364. The molecule has 1 unspecified atom stereocenters. The van der Waals surface area contributed by atoms with Gasteiger partial charge in [-0.25, -0.2) is 9.37 Å². The van der Waals surface area contributed by atoms with Gasteiger partial charge in [0.25, 0.3) is 5.56 Å². The van der Waals surface area contributed by atoms with Crippen molar-refractivity contribution in [2.24, 2.45) is 0 Å². The number of benzene rings is 2. The topological polar surface area (TPSA) is 92.2 Å². The summed E-state index contributed by atoms with van der Waals surface area (Å²) in [4.78, 5) is 25.2. The molecule has 1 atom stereocenters. The first-order valence-electron chi connectivity index (χ1n) is 12.5. The molecule has 2 aromatic carbocycles. The fraction of sp³-hybridized carbons (Fsp3) is 0.286. The zero-order chi connectivity index (χ0) is 27.0. The van der Waals surface area contributed by atoms with Crippen LogP contribution in [0.5, 0.6) is 0 Å². The number of fused-ring (bicyclic) bond motifs is 1. The second kappa shape index (κ2) is 10.2. The van der Waals surface area contributed by atoms with E-state index in [1.165, 1.54) is 6.07 Å². The molecule has 0 bridgehead atoms. The predicted molar refractivity (Wildman–Crippen MR) is 154 cm³/mol. The number of rotatable bonds is 6. The number of anilines is 3. The van der Waals surface area contributed by atoms with Gasteiger partial charge in [0.05, 0.1) is 5.69 Å². The molecule has 0 aliphatic carbocycles. The monoisotopic (exact) mass is 534 g/mol. The minimum absolute atomic E-state index is 0.206. The third-order valence-electron chi connectivity index (χ3n) is 6.80. The lowest BCUT2D eigenvalue weighted by Gasteiger charge is -2.29. The SMILES string of the molecule is C=S(C)(=O)c1ccc(C)c(-c2cc3cnc(Nc4ccc(N5CCNCC5)c(F)c4)nc3n(CC)c2=O)c1. The molecule has 1 aliphatic heterocycles. The van der Waals surface area contributed by atoms with Crippen LogP contribution in [0.2, 0.25) is 0 Å². The summed E-state index contributed by atoms with van der Waals surface area (Å²) in [7, 11) is -2.44. The molecule has 0 amide bonds. The molecule has 10 heteroatoms. The zero-order valence-corrected chi connectivity index (χ0v) is 22.6. The normalized spacial score (nSPS) is 15.4. The number of hydrogen-bond acceptors (Lipinski definition) is 7. The van der Waals surface area contributed by atoms with Gasteiger partial charge in [0.1, 0.15) is 11.5 Å². The lowest BCUT2D eigenvalue weighted by molar-refractivity contribution is 0.566. The Kier molecular flexibility index (Phi) is 6.93. The van der Waals surface area contributed by atoms with Crippen molar-refractivity contribution in [2.75, 3.05) is 42.7 Å². The number of nitrogens with one attached hydrogen (secondary N) is 2. The van der Waals surface area contributed by atoms with Crippen LogP contribution in [0.15, 0.2) is 58.4 Å². The van der Waals surface area contributed by atoms with E-state index < -0.39 is 9.52 Å². The van der Waals surface area contributed by atoms with Crippen molar-refractivity contribution in [2.45, 2.75) is 25.3 Å². The van der Waals surface area contributed by atoms with Gasteiger partial charge in [-0.05, 0) is 76.8 Å². The Morgan fingerprint density at radius 1 is 1.13 bits per heavy atom. The van der Waals surface area contributed by atoms with Gasteiger partial charge in [-0.1, -0.05) is 6.07 Å². The summed E-state index contributed by atoms with van der Waals surface area (Å²) < 4.78 is 29.0. The highest BCUT2D eigenvalue weighted by molar-refractivity contribution is 7.99. The van der Waals surface area contributed by atoms with Crippen LogP contribution in [0.1, 0.15) is 12.5 Å². The summed E-state index contributed by atoms with van der Waals surface area (Å²) in [5, 5.41) is 7.02. The van der Waals surface area contributed by atoms with Crippen LogP contribution >= 0.6 is 0 Å². The maximum absolute atomic E-state index is 14.9. The van der Waals surface area contributed by atoms with E-state index in [9.17, 15) is 13.4 Å². The van der Waals surface area contributed by atoms with Crippen LogP contribution in [0.25, 0.3) is 22.2 Å². The van der Waals surface area contributed by atoms with E-state index in [0.717, 1.165) is 31.7 Å². The Morgan fingerprint density at radius 3 is 2.58 bits per heavy atom. The summed E-state index contributed by atoms with van der Waals surface area (Å²) >= 11 is 0. The largest absolute Gasteiger partial charge is 0.367 e. The Labute approximate surface area is 221 Å². The van der Waals surface area contributed by atoms with E-state index >= 15 is 0 Å². The molecule has 8 nitrogen and oxygen atoms in total. The van der Waals surface area contributed by atoms with Crippen molar-refractivity contribution in [3.05, 3.63) is 70.4 Å². The molecule has 3 heterocycles.